The fourth-order valence-electron chi connectivity index (χ4n) is 3.39. The van der Waals surface area contributed by atoms with Crippen LogP contribution in [0.25, 0.3) is 10.9 Å². The van der Waals surface area contributed by atoms with Crippen molar-refractivity contribution in [1.29, 1.82) is 0 Å². The lowest BCUT2D eigenvalue weighted by atomic mass is 10.1. The van der Waals surface area contributed by atoms with Crippen LogP contribution in [0.4, 0.5) is 0 Å². The van der Waals surface area contributed by atoms with E-state index < -0.39 is 5.91 Å². The van der Waals surface area contributed by atoms with Crippen LogP contribution >= 0.6 is 23.2 Å². The van der Waals surface area contributed by atoms with Crippen LogP contribution in [-0.4, -0.2) is 21.7 Å². The number of hydrogen-bond acceptors (Lipinski definition) is 3. The molecule has 0 spiro atoms. The first-order valence-electron chi connectivity index (χ1n) is 9.31. The van der Waals surface area contributed by atoms with Gasteiger partial charge in [0.2, 0.25) is 0 Å². The molecule has 0 saturated heterocycles. The van der Waals surface area contributed by atoms with Crippen molar-refractivity contribution in [2.24, 2.45) is 5.10 Å². The first-order chi connectivity index (χ1) is 14.6. The lowest BCUT2D eigenvalue weighted by Crippen LogP contribution is -2.18. The molecular weight excluding hydrogens is 419 g/mol. The molecule has 0 bridgehead atoms. The van der Waals surface area contributed by atoms with Crippen molar-refractivity contribution in [2.45, 2.75) is 13.5 Å². The summed E-state index contributed by atoms with van der Waals surface area (Å²) >= 11 is 12.3. The summed E-state index contributed by atoms with van der Waals surface area (Å²) in [4.78, 5) is 16.2. The maximum absolute atomic E-state index is 12.3. The zero-order valence-electron chi connectivity index (χ0n) is 16.1. The van der Waals surface area contributed by atoms with Gasteiger partial charge in [0, 0.05) is 39.9 Å². The van der Waals surface area contributed by atoms with E-state index in [2.05, 4.69) is 26.1 Å². The molecule has 5 nitrogen and oxygen atoms in total. The standard InChI is InChI=1S/C23H18Cl2N4O/c1-15-19(13-27-28-23(30)18-9-6-12-26-22(18)25)17-8-3-5-11-21(17)29(15)14-16-7-2-4-10-20(16)24/h2-13H,14H2,1H3,(H,28,30). The molecular formula is C23H18Cl2N4O. The number of hydrazone groups is 1. The van der Waals surface area contributed by atoms with Crippen LogP contribution in [0.2, 0.25) is 10.2 Å². The number of halogens is 2. The van der Waals surface area contributed by atoms with E-state index >= 15 is 0 Å². The molecule has 0 aliphatic carbocycles. The van der Waals surface area contributed by atoms with Gasteiger partial charge in [0.15, 0.2) is 0 Å². The SMILES string of the molecule is Cc1c(C=NNC(=O)c2cccnc2Cl)c2ccccc2n1Cc1ccccc1Cl. The van der Waals surface area contributed by atoms with Gasteiger partial charge in [-0.1, -0.05) is 59.6 Å². The number of nitrogens with zero attached hydrogens (tertiary/aromatic N) is 3. The fraction of sp³-hybridized carbons (Fsp3) is 0.0870. The average Bonchev–Trinajstić information content (AvgIpc) is 3.01. The summed E-state index contributed by atoms with van der Waals surface area (Å²) in [5, 5.41) is 6.06. The topological polar surface area (TPSA) is 59.3 Å². The Morgan fingerprint density at radius 2 is 1.87 bits per heavy atom. The van der Waals surface area contributed by atoms with Gasteiger partial charge in [-0.2, -0.15) is 5.10 Å². The van der Waals surface area contributed by atoms with Crippen molar-refractivity contribution in [3.05, 3.63) is 99.4 Å². The van der Waals surface area contributed by atoms with Crippen molar-refractivity contribution in [1.82, 2.24) is 15.0 Å². The van der Waals surface area contributed by atoms with Gasteiger partial charge in [-0.3, -0.25) is 4.79 Å². The van der Waals surface area contributed by atoms with Crippen LogP contribution < -0.4 is 5.43 Å². The van der Waals surface area contributed by atoms with Crippen molar-refractivity contribution in [2.75, 3.05) is 0 Å². The number of hydrogen-bond donors (Lipinski definition) is 1. The van der Waals surface area contributed by atoms with E-state index in [4.69, 9.17) is 23.2 Å². The van der Waals surface area contributed by atoms with Crippen LogP contribution in [0.1, 0.15) is 27.2 Å². The lowest BCUT2D eigenvalue weighted by Gasteiger charge is -2.10. The number of carbonyl (C=O) groups is 1. The predicted octanol–water partition coefficient (Wildman–Crippen LogP) is 5.46. The summed E-state index contributed by atoms with van der Waals surface area (Å²) in [5.74, 6) is -0.415. The highest BCUT2D eigenvalue weighted by atomic mass is 35.5. The van der Waals surface area contributed by atoms with E-state index in [0.29, 0.717) is 6.54 Å². The van der Waals surface area contributed by atoms with E-state index in [-0.39, 0.29) is 10.7 Å². The van der Waals surface area contributed by atoms with Gasteiger partial charge in [0.25, 0.3) is 5.91 Å². The number of rotatable bonds is 5. The summed E-state index contributed by atoms with van der Waals surface area (Å²) in [5.41, 5.74) is 6.85. The molecule has 7 heteroatoms. The number of carbonyl (C=O) groups excluding carboxylic acids is 1. The number of pyridine rings is 1. The van der Waals surface area contributed by atoms with Gasteiger partial charge in [-0.05, 0) is 36.8 Å². The normalized spacial score (nSPS) is 11.3. The minimum absolute atomic E-state index is 0.137. The van der Waals surface area contributed by atoms with E-state index in [9.17, 15) is 4.79 Å². The second-order valence-electron chi connectivity index (χ2n) is 6.73. The summed E-state index contributed by atoms with van der Waals surface area (Å²) in [7, 11) is 0. The molecule has 0 atom stereocenters. The number of para-hydroxylation sites is 1. The van der Waals surface area contributed by atoms with Crippen LogP contribution in [0.5, 0.6) is 0 Å². The third-order valence-electron chi connectivity index (χ3n) is 4.93. The van der Waals surface area contributed by atoms with Gasteiger partial charge in [0.1, 0.15) is 5.15 Å². The second-order valence-corrected chi connectivity index (χ2v) is 7.50. The van der Waals surface area contributed by atoms with Crippen molar-refractivity contribution in [3.8, 4) is 0 Å². The fourth-order valence-corrected chi connectivity index (χ4v) is 3.79. The monoisotopic (exact) mass is 436 g/mol. The third-order valence-corrected chi connectivity index (χ3v) is 5.60. The molecule has 2 aromatic heterocycles. The molecule has 0 radical (unpaired) electrons. The zero-order chi connectivity index (χ0) is 21.1. The number of nitrogens with one attached hydrogen (secondary N) is 1. The first kappa shape index (κ1) is 20.1. The highest BCUT2D eigenvalue weighted by Gasteiger charge is 2.14. The molecule has 4 aromatic rings. The van der Waals surface area contributed by atoms with Gasteiger partial charge in [-0.15, -0.1) is 0 Å². The predicted molar refractivity (Wildman–Crippen MR) is 122 cm³/mol. The Balaban J connectivity index is 1.65. The number of fused-ring (bicyclic) bond motifs is 1. The molecule has 0 unspecified atom stereocenters. The maximum atomic E-state index is 12.3. The highest BCUT2D eigenvalue weighted by Crippen LogP contribution is 2.27. The summed E-state index contributed by atoms with van der Waals surface area (Å²) < 4.78 is 2.19. The van der Waals surface area contributed by atoms with Gasteiger partial charge < -0.3 is 4.57 Å². The van der Waals surface area contributed by atoms with E-state index in [1.165, 1.54) is 6.20 Å². The van der Waals surface area contributed by atoms with Crippen molar-refractivity contribution >= 4 is 46.2 Å². The van der Waals surface area contributed by atoms with Gasteiger partial charge in [0.05, 0.1) is 11.8 Å². The number of benzene rings is 2. The smallest absolute Gasteiger partial charge is 0.274 e. The Hall–Kier alpha value is -3.15. The highest BCUT2D eigenvalue weighted by molar-refractivity contribution is 6.32. The Bertz CT molecular complexity index is 1260. The summed E-state index contributed by atoms with van der Waals surface area (Å²) in [6.07, 6.45) is 3.18. The largest absolute Gasteiger partial charge is 0.340 e. The molecule has 1 amide bonds. The molecule has 1 N–H and O–H groups in total. The minimum atomic E-state index is -0.415. The molecule has 2 heterocycles. The minimum Gasteiger partial charge on any atom is -0.340 e. The van der Waals surface area contributed by atoms with E-state index in [0.717, 1.165) is 32.7 Å². The van der Waals surface area contributed by atoms with Crippen molar-refractivity contribution in [3.63, 3.8) is 0 Å². The van der Waals surface area contributed by atoms with E-state index in [1.54, 1.807) is 18.3 Å². The van der Waals surface area contributed by atoms with Crippen LogP contribution in [0.15, 0.2) is 72.0 Å². The average molecular weight is 437 g/mol. The Morgan fingerprint density at radius 1 is 1.10 bits per heavy atom. The van der Waals surface area contributed by atoms with Gasteiger partial charge in [-0.25, -0.2) is 10.4 Å². The molecule has 2 aromatic carbocycles. The molecule has 0 saturated carbocycles. The quantitative estimate of drug-likeness (QED) is 0.256. The van der Waals surface area contributed by atoms with E-state index in [1.807, 2.05) is 49.4 Å². The molecule has 0 fully saturated rings. The zero-order valence-corrected chi connectivity index (χ0v) is 17.7. The molecule has 150 valence electrons. The maximum Gasteiger partial charge on any atom is 0.274 e. The Labute approximate surface area is 184 Å². The lowest BCUT2D eigenvalue weighted by molar-refractivity contribution is 0.0955. The summed E-state index contributed by atoms with van der Waals surface area (Å²) in [6, 6.07) is 19.1. The summed E-state index contributed by atoms with van der Waals surface area (Å²) in [6.45, 7) is 2.66. The molecule has 0 aliphatic rings. The Kier molecular flexibility index (Phi) is 5.84. The number of amides is 1. The first-order valence-corrected chi connectivity index (χ1v) is 10.1. The third kappa shape index (κ3) is 3.95. The Morgan fingerprint density at radius 3 is 2.67 bits per heavy atom. The van der Waals surface area contributed by atoms with Crippen LogP contribution in [-0.2, 0) is 6.54 Å². The molecule has 30 heavy (non-hydrogen) atoms. The second kappa shape index (κ2) is 8.69. The van der Waals surface area contributed by atoms with Gasteiger partial charge >= 0.3 is 0 Å². The molecule has 4 rings (SSSR count). The van der Waals surface area contributed by atoms with Crippen LogP contribution in [0.3, 0.4) is 0 Å². The van der Waals surface area contributed by atoms with Crippen molar-refractivity contribution < 1.29 is 4.79 Å². The number of aromatic nitrogens is 2. The molecule has 0 aliphatic heterocycles. The van der Waals surface area contributed by atoms with Crippen LogP contribution in [0, 0.1) is 6.92 Å².